The molecule has 0 amide bonds. The van der Waals surface area contributed by atoms with Gasteiger partial charge in [-0.1, -0.05) is 6.07 Å². The Balaban J connectivity index is 1.83. The van der Waals surface area contributed by atoms with Crippen LogP contribution in [-0.4, -0.2) is 24.4 Å². The number of ether oxygens (including phenoxy) is 2. The molecule has 2 heterocycles. The van der Waals surface area contributed by atoms with Crippen LogP contribution in [0.1, 0.15) is 30.7 Å². The van der Waals surface area contributed by atoms with Crippen LogP contribution >= 0.6 is 0 Å². The second kappa shape index (κ2) is 6.69. The highest BCUT2D eigenvalue weighted by Crippen LogP contribution is 2.15. The van der Waals surface area contributed by atoms with Crippen molar-refractivity contribution in [2.45, 2.75) is 38.6 Å². The molecule has 0 saturated carbocycles. The summed E-state index contributed by atoms with van der Waals surface area (Å²) in [5.41, 5.74) is 7.49. The zero-order valence-corrected chi connectivity index (χ0v) is 10.1. The Bertz CT molecular complexity index is 338. The predicted molar refractivity (Wildman–Crippen MR) is 65.4 cm³/mol. The normalized spacial score (nSPS) is 20.4. The van der Waals surface area contributed by atoms with E-state index >= 15 is 0 Å². The molecule has 1 unspecified atom stereocenters. The van der Waals surface area contributed by atoms with Crippen LogP contribution in [-0.2, 0) is 22.5 Å². The van der Waals surface area contributed by atoms with Crippen molar-refractivity contribution in [2.75, 3.05) is 13.2 Å². The average molecular weight is 236 g/mol. The summed E-state index contributed by atoms with van der Waals surface area (Å²) in [6.07, 6.45) is 4.08. The quantitative estimate of drug-likeness (QED) is 0.844. The molecule has 1 aromatic rings. The van der Waals surface area contributed by atoms with Gasteiger partial charge in [0, 0.05) is 18.7 Å². The predicted octanol–water partition coefficient (Wildman–Crippen LogP) is 1.63. The van der Waals surface area contributed by atoms with Crippen molar-refractivity contribution in [1.82, 2.24) is 4.98 Å². The van der Waals surface area contributed by atoms with Gasteiger partial charge in [0.2, 0.25) is 0 Å². The van der Waals surface area contributed by atoms with Gasteiger partial charge in [0.25, 0.3) is 0 Å². The number of nitrogens with zero attached hydrogens (tertiary/aromatic N) is 1. The van der Waals surface area contributed by atoms with Gasteiger partial charge < -0.3 is 15.2 Å². The largest absolute Gasteiger partial charge is 0.353 e. The van der Waals surface area contributed by atoms with Crippen LogP contribution in [0.25, 0.3) is 0 Å². The van der Waals surface area contributed by atoms with Gasteiger partial charge in [-0.25, -0.2) is 0 Å². The first-order valence-corrected chi connectivity index (χ1v) is 6.26. The molecular formula is C13H20N2O2. The number of hydrogen-bond donors (Lipinski definition) is 1. The summed E-state index contributed by atoms with van der Waals surface area (Å²) in [4.78, 5) is 4.49. The van der Waals surface area contributed by atoms with Crippen molar-refractivity contribution in [3.8, 4) is 0 Å². The topological polar surface area (TPSA) is 57.4 Å². The summed E-state index contributed by atoms with van der Waals surface area (Å²) < 4.78 is 11.2. The minimum atomic E-state index is -0.0521. The summed E-state index contributed by atoms with van der Waals surface area (Å²) in [6.45, 7) is 1.96. The molecule has 0 radical (unpaired) electrons. The lowest BCUT2D eigenvalue weighted by molar-refractivity contribution is -0.169. The lowest BCUT2D eigenvalue weighted by Gasteiger charge is -2.22. The van der Waals surface area contributed by atoms with Crippen LogP contribution in [0.15, 0.2) is 18.2 Å². The highest BCUT2D eigenvalue weighted by molar-refractivity contribution is 5.10. The van der Waals surface area contributed by atoms with Crippen LogP contribution < -0.4 is 5.73 Å². The van der Waals surface area contributed by atoms with E-state index in [0.29, 0.717) is 13.2 Å². The summed E-state index contributed by atoms with van der Waals surface area (Å²) in [6, 6.07) is 5.97. The van der Waals surface area contributed by atoms with Gasteiger partial charge in [-0.05, 0) is 37.9 Å². The molecule has 0 spiro atoms. The van der Waals surface area contributed by atoms with Crippen molar-refractivity contribution in [1.29, 1.82) is 0 Å². The molecular weight excluding hydrogens is 216 g/mol. The molecule has 4 nitrogen and oxygen atoms in total. The molecule has 94 valence electrons. The highest BCUT2D eigenvalue weighted by Gasteiger charge is 2.14. The lowest BCUT2D eigenvalue weighted by atomic mass is 10.2. The zero-order valence-electron chi connectivity index (χ0n) is 10.1. The second-order valence-corrected chi connectivity index (χ2v) is 4.27. The van der Waals surface area contributed by atoms with Crippen LogP contribution in [0.3, 0.4) is 0 Å². The Morgan fingerprint density at radius 3 is 3.00 bits per heavy atom. The molecule has 1 atom stereocenters. The van der Waals surface area contributed by atoms with Gasteiger partial charge in [0.1, 0.15) is 0 Å². The molecule has 0 aliphatic carbocycles. The first-order chi connectivity index (χ1) is 8.38. The molecule has 1 saturated heterocycles. The molecule has 1 fully saturated rings. The third-order valence-electron chi connectivity index (χ3n) is 2.82. The Labute approximate surface area is 102 Å². The van der Waals surface area contributed by atoms with E-state index in [4.69, 9.17) is 15.2 Å². The fourth-order valence-electron chi connectivity index (χ4n) is 1.92. The van der Waals surface area contributed by atoms with Gasteiger partial charge >= 0.3 is 0 Å². The Hall–Kier alpha value is -0.970. The molecule has 1 aromatic heterocycles. The van der Waals surface area contributed by atoms with E-state index in [2.05, 4.69) is 4.98 Å². The molecule has 17 heavy (non-hydrogen) atoms. The number of hydrogen-bond acceptors (Lipinski definition) is 4. The van der Waals surface area contributed by atoms with Crippen molar-refractivity contribution >= 4 is 0 Å². The smallest absolute Gasteiger partial charge is 0.158 e. The number of aromatic nitrogens is 1. The van der Waals surface area contributed by atoms with Gasteiger partial charge in [0.05, 0.1) is 12.3 Å². The van der Waals surface area contributed by atoms with E-state index in [0.717, 1.165) is 37.3 Å². The molecule has 0 aromatic carbocycles. The summed E-state index contributed by atoms with van der Waals surface area (Å²) in [5.74, 6) is 0. The third-order valence-corrected chi connectivity index (χ3v) is 2.82. The fraction of sp³-hybridized carbons (Fsp3) is 0.615. The van der Waals surface area contributed by atoms with Gasteiger partial charge in [-0.2, -0.15) is 0 Å². The Morgan fingerprint density at radius 1 is 1.35 bits per heavy atom. The van der Waals surface area contributed by atoms with Crippen LogP contribution in [0, 0.1) is 0 Å². The minimum Gasteiger partial charge on any atom is -0.353 e. The summed E-state index contributed by atoms with van der Waals surface area (Å²) >= 11 is 0. The maximum atomic E-state index is 5.69. The van der Waals surface area contributed by atoms with Crippen molar-refractivity contribution in [3.63, 3.8) is 0 Å². The molecule has 2 N–H and O–H groups in total. The van der Waals surface area contributed by atoms with E-state index in [1.807, 2.05) is 18.2 Å². The average Bonchev–Trinajstić information content (AvgIpc) is 2.39. The monoisotopic (exact) mass is 236 g/mol. The summed E-state index contributed by atoms with van der Waals surface area (Å²) in [7, 11) is 0. The molecule has 0 bridgehead atoms. The van der Waals surface area contributed by atoms with E-state index < -0.39 is 0 Å². The van der Waals surface area contributed by atoms with Gasteiger partial charge in [-0.3, -0.25) is 4.98 Å². The minimum absolute atomic E-state index is 0.0521. The zero-order chi connectivity index (χ0) is 11.9. The van der Waals surface area contributed by atoms with Gasteiger partial charge in [-0.15, -0.1) is 0 Å². The highest BCUT2D eigenvalue weighted by atomic mass is 16.7. The number of pyridine rings is 1. The fourth-order valence-corrected chi connectivity index (χ4v) is 1.92. The first-order valence-electron chi connectivity index (χ1n) is 6.26. The van der Waals surface area contributed by atoms with Gasteiger partial charge in [0.15, 0.2) is 6.29 Å². The van der Waals surface area contributed by atoms with Crippen LogP contribution in [0.4, 0.5) is 0 Å². The molecule has 2 rings (SSSR count). The van der Waals surface area contributed by atoms with E-state index in [-0.39, 0.29) is 6.29 Å². The molecule has 4 heteroatoms. The van der Waals surface area contributed by atoms with E-state index in [1.54, 1.807) is 0 Å². The van der Waals surface area contributed by atoms with Crippen LogP contribution in [0.5, 0.6) is 0 Å². The number of rotatable bonds is 5. The molecule has 1 aliphatic rings. The SMILES string of the molecule is NCCc1cccc(COC2CCCCO2)n1. The van der Waals surface area contributed by atoms with Crippen LogP contribution in [0.2, 0.25) is 0 Å². The van der Waals surface area contributed by atoms with Crippen molar-refractivity contribution in [3.05, 3.63) is 29.6 Å². The maximum Gasteiger partial charge on any atom is 0.158 e. The third kappa shape index (κ3) is 4.07. The lowest BCUT2D eigenvalue weighted by Crippen LogP contribution is -2.22. The van der Waals surface area contributed by atoms with Crippen molar-refractivity contribution < 1.29 is 9.47 Å². The van der Waals surface area contributed by atoms with E-state index in [9.17, 15) is 0 Å². The number of nitrogens with two attached hydrogens (primary N) is 1. The standard InChI is InChI=1S/C13H20N2O2/c14-8-7-11-4-3-5-12(15-11)10-17-13-6-1-2-9-16-13/h3-5,13H,1-2,6-10,14H2. The molecule has 1 aliphatic heterocycles. The van der Waals surface area contributed by atoms with Crippen molar-refractivity contribution in [2.24, 2.45) is 5.73 Å². The Morgan fingerprint density at radius 2 is 2.24 bits per heavy atom. The second-order valence-electron chi connectivity index (χ2n) is 4.27. The maximum absolute atomic E-state index is 5.69. The van der Waals surface area contributed by atoms with E-state index in [1.165, 1.54) is 6.42 Å². The Kier molecular flexibility index (Phi) is 4.91. The first kappa shape index (κ1) is 12.5. The summed E-state index contributed by atoms with van der Waals surface area (Å²) in [5, 5.41) is 0.